The molecule has 1 fully saturated rings. The molecule has 1 aliphatic heterocycles. The van der Waals surface area contributed by atoms with E-state index in [9.17, 15) is 4.79 Å². The van der Waals surface area contributed by atoms with Gasteiger partial charge in [-0.1, -0.05) is 30.1 Å². The maximum Gasteiger partial charge on any atom is 0.178 e. The average molecular weight is 329 g/mol. The summed E-state index contributed by atoms with van der Waals surface area (Å²) in [5.74, 6) is 0.0529. The fourth-order valence-corrected chi connectivity index (χ4v) is 3.35. The molecule has 21 heavy (non-hydrogen) atoms. The zero-order valence-electron chi connectivity index (χ0n) is 12.6. The van der Waals surface area contributed by atoms with Crippen molar-refractivity contribution in [2.45, 2.75) is 25.8 Å². The first-order valence-corrected chi connectivity index (χ1v) is 8.17. The summed E-state index contributed by atoms with van der Waals surface area (Å²) in [5.41, 5.74) is 0.555. The minimum atomic E-state index is 0.0529. The molecule has 2 rings (SSSR count). The smallest absolute Gasteiger partial charge is 0.178 e. The third-order valence-electron chi connectivity index (χ3n) is 4.25. The highest BCUT2D eigenvalue weighted by atomic mass is 35.5. The number of ketones is 1. The van der Waals surface area contributed by atoms with Gasteiger partial charge in [0.15, 0.2) is 5.78 Å². The second-order valence-electron chi connectivity index (χ2n) is 5.63. The van der Waals surface area contributed by atoms with Crippen LogP contribution in [0.2, 0.25) is 10.0 Å². The summed E-state index contributed by atoms with van der Waals surface area (Å²) in [6.45, 7) is 5.92. The van der Waals surface area contributed by atoms with Gasteiger partial charge in [0.1, 0.15) is 0 Å². The lowest BCUT2D eigenvalue weighted by atomic mass is 10.0. The number of carbonyl (C=O) groups is 1. The molecule has 5 heteroatoms. The number of likely N-dealkylation sites (N-methyl/N-ethyl adjacent to an activating group) is 1. The van der Waals surface area contributed by atoms with Gasteiger partial charge in [-0.2, -0.15) is 0 Å². The molecule has 1 aromatic carbocycles. The quantitative estimate of drug-likeness (QED) is 0.771. The minimum Gasteiger partial charge on any atom is -0.303 e. The second-order valence-corrected chi connectivity index (χ2v) is 6.47. The van der Waals surface area contributed by atoms with E-state index in [0.717, 1.165) is 32.5 Å². The summed E-state index contributed by atoms with van der Waals surface area (Å²) in [6.07, 6.45) is 2.23. The molecule has 1 heterocycles. The van der Waals surface area contributed by atoms with Gasteiger partial charge in [-0.3, -0.25) is 9.69 Å². The molecule has 0 unspecified atom stereocenters. The molecule has 0 saturated carbocycles. The number of piperidine rings is 1. The fourth-order valence-electron chi connectivity index (χ4n) is 2.83. The molecular formula is C16H22Cl2N2O. The summed E-state index contributed by atoms with van der Waals surface area (Å²) >= 11 is 12.0. The number of rotatable bonds is 5. The third-order valence-corrected chi connectivity index (χ3v) is 4.80. The molecule has 1 aromatic rings. The lowest BCUT2D eigenvalue weighted by Gasteiger charge is -2.36. The first-order valence-electron chi connectivity index (χ1n) is 7.42. The lowest BCUT2D eigenvalue weighted by Crippen LogP contribution is -2.44. The Hall–Kier alpha value is -0.610. The molecular weight excluding hydrogens is 307 g/mol. The van der Waals surface area contributed by atoms with Gasteiger partial charge in [0.25, 0.3) is 0 Å². The normalized spacial score (nSPS) is 17.4. The van der Waals surface area contributed by atoms with E-state index in [2.05, 4.69) is 16.7 Å². The first-order chi connectivity index (χ1) is 10.0. The van der Waals surface area contributed by atoms with Crippen molar-refractivity contribution in [2.75, 3.05) is 33.2 Å². The number of likely N-dealkylation sites (tertiary alicyclic amines) is 1. The van der Waals surface area contributed by atoms with Crippen molar-refractivity contribution in [2.24, 2.45) is 0 Å². The van der Waals surface area contributed by atoms with Gasteiger partial charge in [-0.15, -0.1) is 0 Å². The lowest BCUT2D eigenvalue weighted by molar-refractivity contribution is 0.0858. The van der Waals surface area contributed by atoms with Gasteiger partial charge in [-0.05, 0) is 57.7 Å². The van der Waals surface area contributed by atoms with Crippen molar-refractivity contribution in [3.8, 4) is 0 Å². The number of benzene rings is 1. The van der Waals surface area contributed by atoms with Crippen molar-refractivity contribution in [1.29, 1.82) is 0 Å². The molecule has 116 valence electrons. The number of nitrogens with zero attached hydrogens (tertiary/aromatic N) is 2. The summed E-state index contributed by atoms with van der Waals surface area (Å²) in [6, 6.07) is 5.51. The topological polar surface area (TPSA) is 23.6 Å². The highest BCUT2D eigenvalue weighted by molar-refractivity contribution is 6.36. The SMILES string of the molecule is CCN1CCC(N(C)CC(=O)c2ccc(Cl)cc2Cl)CC1. The van der Waals surface area contributed by atoms with Crippen LogP contribution in [0.4, 0.5) is 0 Å². The van der Waals surface area contributed by atoms with Crippen molar-refractivity contribution >= 4 is 29.0 Å². The Balaban J connectivity index is 1.93. The molecule has 0 aromatic heterocycles. The molecule has 0 aliphatic carbocycles. The van der Waals surface area contributed by atoms with E-state index in [4.69, 9.17) is 23.2 Å². The van der Waals surface area contributed by atoms with Crippen molar-refractivity contribution in [3.05, 3.63) is 33.8 Å². The standard InChI is InChI=1S/C16H22Cl2N2O/c1-3-20-8-6-13(7-9-20)19(2)11-16(21)14-5-4-12(17)10-15(14)18/h4-5,10,13H,3,6-9,11H2,1-2H3. The third kappa shape index (κ3) is 4.43. The summed E-state index contributed by atoms with van der Waals surface area (Å²) < 4.78 is 0. The molecule has 0 N–H and O–H groups in total. The highest BCUT2D eigenvalue weighted by Gasteiger charge is 2.23. The van der Waals surface area contributed by atoms with Crippen LogP contribution in [0.3, 0.4) is 0 Å². The molecule has 3 nitrogen and oxygen atoms in total. The van der Waals surface area contributed by atoms with Crippen LogP contribution in [0.25, 0.3) is 0 Å². The average Bonchev–Trinajstić information content (AvgIpc) is 2.47. The van der Waals surface area contributed by atoms with Crippen LogP contribution in [0, 0.1) is 0 Å². The second kappa shape index (κ2) is 7.59. The molecule has 0 atom stereocenters. The van der Waals surface area contributed by atoms with E-state index < -0.39 is 0 Å². The molecule has 0 amide bonds. The number of hydrogen-bond acceptors (Lipinski definition) is 3. The Morgan fingerprint density at radius 3 is 2.57 bits per heavy atom. The fraction of sp³-hybridized carbons (Fsp3) is 0.562. The van der Waals surface area contributed by atoms with Crippen molar-refractivity contribution in [1.82, 2.24) is 9.80 Å². The Labute approximate surface area is 136 Å². The van der Waals surface area contributed by atoms with Gasteiger partial charge in [0, 0.05) is 16.6 Å². The van der Waals surface area contributed by atoms with Crippen LogP contribution in [-0.2, 0) is 0 Å². The molecule has 0 radical (unpaired) electrons. The van der Waals surface area contributed by atoms with E-state index in [0.29, 0.717) is 28.2 Å². The van der Waals surface area contributed by atoms with Crippen LogP contribution in [0.1, 0.15) is 30.1 Å². The van der Waals surface area contributed by atoms with Crippen LogP contribution in [0.15, 0.2) is 18.2 Å². The first kappa shape index (κ1) is 16.8. The van der Waals surface area contributed by atoms with E-state index >= 15 is 0 Å². The predicted octanol–water partition coefficient (Wildman–Crippen LogP) is 3.59. The molecule has 0 spiro atoms. The van der Waals surface area contributed by atoms with Gasteiger partial charge >= 0.3 is 0 Å². The van der Waals surface area contributed by atoms with E-state index in [1.165, 1.54) is 0 Å². The minimum absolute atomic E-state index is 0.0529. The van der Waals surface area contributed by atoms with Crippen LogP contribution >= 0.6 is 23.2 Å². The van der Waals surface area contributed by atoms with Gasteiger partial charge in [-0.25, -0.2) is 0 Å². The zero-order chi connectivity index (χ0) is 15.4. The molecule has 1 aliphatic rings. The number of halogens is 2. The number of carbonyl (C=O) groups excluding carboxylic acids is 1. The predicted molar refractivity (Wildman–Crippen MR) is 88.6 cm³/mol. The Morgan fingerprint density at radius 2 is 2.00 bits per heavy atom. The van der Waals surface area contributed by atoms with Gasteiger partial charge in [0.05, 0.1) is 11.6 Å². The summed E-state index contributed by atoms with van der Waals surface area (Å²) in [7, 11) is 2.02. The maximum atomic E-state index is 12.4. The highest BCUT2D eigenvalue weighted by Crippen LogP contribution is 2.22. The summed E-state index contributed by atoms with van der Waals surface area (Å²) in [5, 5.41) is 0.985. The van der Waals surface area contributed by atoms with E-state index in [-0.39, 0.29) is 5.78 Å². The van der Waals surface area contributed by atoms with Crippen molar-refractivity contribution in [3.63, 3.8) is 0 Å². The molecule has 0 bridgehead atoms. The van der Waals surface area contributed by atoms with Gasteiger partial charge in [0.2, 0.25) is 0 Å². The number of hydrogen-bond donors (Lipinski definition) is 0. The van der Waals surface area contributed by atoms with E-state index in [1.807, 2.05) is 7.05 Å². The Bertz CT molecular complexity index is 499. The van der Waals surface area contributed by atoms with E-state index in [1.54, 1.807) is 18.2 Å². The molecule has 1 saturated heterocycles. The zero-order valence-corrected chi connectivity index (χ0v) is 14.1. The Morgan fingerprint density at radius 1 is 1.33 bits per heavy atom. The van der Waals surface area contributed by atoms with Crippen molar-refractivity contribution < 1.29 is 4.79 Å². The maximum absolute atomic E-state index is 12.4. The monoisotopic (exact) mass is 328 g/mol. The largest absolute Gasteiger partial charge is 0.303 e. The summed E-state index contributed by atoms with van der Waals surface area (Å²) in [4.78, 5) is 17.0. The van der Waals surface area contributed by atoms with Crippen LogP contribution in [0.5, 0.6) is 0 Å². The van der Waals surface area contributed by atoms with Gasteiger partial charge < -0.3 is 4.90 Å². The van der Waals surface area contributed by atoms with Crippen LogP contribution < -0.4 is 0 Å². The van der Waals surface area contributed by atoms with Crippen LogP contribution in [-0.4, -0.2) is 54.9 Å². The Kier molecular flexibility index (Phi) is 6.06. The number of Topliss-reactive ketones (excluding diaryl/α,β-unsaturated/α-hetero) is 1.